The Morgan fingerprint density at radius 2 is 2.40 bits per heavy atom. The number of aliphatic carboxylic acids is 1. The van der Waals surface area contributed by atoms with Crippen molar-refractivity contribution >= 4 is 11.8 Å². The van der Waals surface area contributed by atoms with Gasteiger partial charge in [0.15, 0.2) is 0 Å². The number of hydrogen-bond acceptors (Lipinski definition) is 2. The summed E-state index contributed by atoms with van der Waals surface area (Å²) in [6.45, 7) is 0. The summed E-state index contributed by atoms with van der Waals surface area (Å²) in [5.41, 5.74) is 0.0972. The van der Waals surface area contributed by atoms with E-state index < -0.39 is 5.97 Å². The molecule has 0 saturated carbocycles. The van der Waals surface area contributed by atoms with Gasteiger partial charge in [-0.25, -0.2) is 10.1 Å². The monoisotopic (exact) mass is 137 g/mol. The summed E-state index contributed by atoms with van der Waals surface area (Å²) in [4.78, 5) is 10.2. The third-order valence-corrected chi connectivity index (χ3v) is 1.01. The maximum Gasteiger partial charge on any atom is 0.335 e. The maximum absolute atomic E-state index is 10.2. The highest BCUT2D eigenvalue weighted by atomic mass is 16.4. The van der Waals surface area contributed by atoms with Gasteiger partial charge in [0.2, 0.25) is 0 Å². The zero-order chi connectivity index (χ0) is 7.56. The first-order valence-corrected chi connectivity index (χ1v) is 2.61. The highest BCUT2D eigenvalue weighted by molar-refractivity contribution is 6.02. The van der Waals surface area contributed by atoms with E-state index in [-0.39, 0.29) is 11.4 Å². The van der Waals surface area contributed by atoms with Crippen molar-refractivity contribution in [2.45, 2.75) is 0 Å². The summed E-state index contributed by atoms with van der Waals surface area (Å²) in [6, 6.07) is 0. The molecule has 51 valence electrons. The topological polar surface area (TPSA) is 75.2 Å². The lowest BCUT2D eigenvalue weighted by molar-refractivity contribution is -0.132. The van der Waals surface area contributed by atoms with Gasteiger partial charge in [0.05, 0.1) is 5.57 Å². The molecule has 1 heterocycles. The first-order valence-electron chi connectivity index (χ1n) is 2.61. The van der Waals surface area contributed by atoms with E-state index >= 15 is 0 Å². The highest BCUT2D eigenvalue weighted by Gasteiger charge is 2.07. The van der Waals surface area contributed by atoms with Crippen molar-refractivity contribution in [1.29, 1.82) is 5.41 Å². The standard InChI is InChI=1S/C6H5N2O2/c7-5-3-4(6(9)10)1-2-8-5/h1-3,7H,(H,9,10). The normalized spacial score (nSPS) is 16.0. The molecule has 2 N–H and O–H groups in total. The van der Waals surface area contributed by atoms with Gasteiger partial charge >= 0.3 is 5.97 Å². The van der Waals surface area contributed by atoms with Crippen LogP contribution >= 0.6 is 0 Å². The van der Waals surface area contributed by atoms with E-state index in [0.717, 1.165) is 0 Å². The first kappa shape index (κ1) is 6.54. The van der Waals surface area contributed by atoms with Crippen molar-refractivity contribution in [2.75, 3.05) is 0 Å². The molecular weight excluding hydrogens is 132 g/mol. The summed E-state index contributed by atoms with van der Waals surface area (Å²) in [5, 5.41) is 18.9. The molecule has 0 aliphatic carbocycles. The minimum absolute atomic E-state index is 0.0279. The number of amidine groups is 1. The molecule has 0 atom stereocenters. The molecule has 0 aromatic carbocycles. The molecule has 0 spiro atoms. The second-order valence-corrected chi connectivity index (χ2v) is 1.73. The van der Waals surface area contributed by atoms with Crippen LogP contribution in [0, 0.1) is 5.41 Å². The van der Waals surface area contributed by atoms with Gasteiger partial charge in [0.25, 0.3) is 0 Å². The molecule has 0 bridgehead atoms. The fourth-order valence-corrected chi connectivity index (χ4v) is 0.564. The largest absolute Gasteiger partial charge is 0.478 e. The first-order chi connectivity index (χ1) is 4.70. The van der Waals surface area contributed by atoms with Crippen LogP contribution in [-0.2, 0) is 4.79 Å². The zero-order valence-electron chi connectivity index (χ0n) is 5.03. The number of carboxylic acids is 1. The smallest absolute Gasteiger partial charge is 0.335 e. The van der Waals surface area contributed by atoms with E-state index in [0.29, 0.717) is 0 Å². The Labute approximate surface area is 57.4 Å². The average molecular weight is 137 g/mol. The van der Waals surface area contributed by atoms with Crippen molar-refractivity contribution in [3.8, 4) is 0 Å². The van der Waals surface area contributed by atoms with Crippen molar-refractivity contribution in [3.05, 3.63) is 23.9 Å². The van der Waals surface area contributed by atoms with Gasteiger partial charge in [-0.3, -0.25) is 5.41 Å². The van der Waals surface area contributed by atoms with E-state index in [1.54, 1.807) is 0 Å². The van der Waals surface area contributed by atoms with E-state index in [9.17, 15) is 4.79 Å². The molecule has 0 amide bonds. The fourth-order valence-electron chi connectivity index (χ4n) is 0.564. The van der Waals surface area contributed by atoms with E-state index in [2.05, 4.69) is 5.32 Å². The number of carboxylic acid groups (broad SMARTS) is 1. The molecule has 10 heavy (non-hydrogen) atoms. The third kappa shape index (κ3) is 1.22. The molecule has 0 unspecified atom stereocenters. The highest BCUT2D eigenvalue weighted by Crippen LogP contribution is 2.00. The van der Waals surface area contributed by atoms with Crippen molar-refractivity contribution < 1.29 is 9.90 Å². The van der Waals surface area contributed by atoms with Crippen LogP contribution in [0.15, 0.2) is 23.9 Å². The molecule has 4 heteroatoms. The maximum atomic E-state index is 10.2. The van der Waals surface area contributed by atoms with Gasteiger partial charge < -0.3 is 5.11 Å². The predicted molar refractivity (Wildman–Crippen MR) is 34.7 cm³/mol. The minimum atomic E-state index is -1.03. The van der Waals surface area contributed by atoms with Crippen molar-refractivity contribution in [2.24, 2.45) is 0 Å². The summed E-state index contributed by atoms with van der Waals surface area (Å²) >= 11 is 0. The van der Waals surface area contributed by atoms with Crippen LogP contribution in [0.5, 0.6) is 0 Å². The lowest BCUT2D eigenvalue weighted by Gasteiger charge is -2.01. The van der Waals surface area contributed by atoms with Gasteiger partial charge in [-0.15, -0.1) is 0 Å². The van der Waals surface area contributed by atoms with E-state index in [1.165, 1.54) is 18.4 Å². The Morgan fingerprint density at radius 3 is 2.80 bits per heavy atom. The molecule has 4 nitrogen and oxygen atoms in total. The van der Waals surface area contributed by atoms with Gasteiger partial charge in [0, 0.05) is 6.20 Å². The van der Waals surface area contributed by atoms with Crippen LogP contribution < -0.4 is 5.32 Å². The molecule has 1 aliphatic rings. The SMILES string of the molecule is N=C1C=C(C(=O)O)C=C[N]1. The van der Waals surface area contributed by atoms with Gasteiger partial charge in [-0.1, -0.05) is 0 Å². The number of hydrogen-bond donors (Lipinski definition) is 2. The van der Waals surface area contributed by atoms with Crippen LogP contribution in [0.25, 0.3) is 0 Å². The molecule has 0 aromatic heterocycles. The molecule has 0 aromatic rings. The second kappa shape index (κ2) is 2.34. The summed E-state index contributed by atoms with van der Waals surface area (Å²) in [7, 11) is 0. The molecule has 0 fully saturated rings. The van der Waals surface area contributed by atoms with Crippen LogP contribution in [-0.4, -0.2) is 16.9 Å². The number of rotatable bonds is 1. The molecule has 1 aliphatic heterocycles. The number of nitrogens with zero attached hydrogens (tertiary/aromatic N) is 1. The van der Waals surface area contributed by atoms with Crippen LogP contribution in [0.4, 0.5) is 0 Å². The summed E-state index contributed by atoms with van der Waals surface area (Å²) < 4.78 is 0. The third-order valence-electron chi connectivity index (χ3n) is 1.01. The minimum Gasteiger partial charge on any atom is -0.478 e. The van der Waals surface area contributed by atoms with Crippen molar-refractivity contribution in [1.82, 2.24) is 5.32 Å². The lowest BCUT2D eigenvalue weighted by atomic mass is 10.2. The van der Waals surface area contributed by atoms with Crippen LogP contribution in [0.2, 0.25) is 0 Å². The molecule has 1 radical (unpaired) electrons. The van der Waals surface area contributed by atoms with Gasteiger partial charge in [-0.2, -0.15) is 0 Å². The molecular formula is C6H5N2O2. The average Bonchev–Trinajstić information content (AvgIpc) is 1.88. The Hall–Kier alpha value is -1.58. The Balaban J connectivity index is 2.86. The quantitative estimate of drug-likeness (QED) is 0.538. The predicted octanol–water partition coefficient (Wildman–Crippen LogP) is 0.106. The molecule has 1 rings (SSSR count). The molecule has 0 saturated heterocycles. The van der Waals surface area contributed by atoms with Gasteiger partial charge in [-0.05, 0) is 12.2 Å². The lowest BCUT2D eigenvalue weighted by Crippen LogP contribution is -2.12. The van der Waals surface area contributed by atoms with Crippen LogP contribution in [0.1, 0.15) is 0 Å². The zero-order valence-corrected chi connectivity index (χ0v) is 5.03. The Bertz CT molecular complexity index is 238. The van der Waals surface area contributed by atoms with E-state index in [4.69, 9.17) is 10.5 Å². The van der Waals surface area contributed by atoms with E-state index in [1.807, 2.05) is 0 Å². The number of carbonyl (C=O) groups is 1. The summed E-state index contributed by atoms with van der Waals surface area (Å²) in [5.74, 6) is -1.06. The van der Waals surface area contributed by atoms with Gasteiger partial charge in [0.1, 0.15) is 5.84 Å². The Morgan fingerprint density at radius 1 is 1.70 bits per heavy atom. The van der Waals surface area contributed by atoms with Crippen LogP contribution in [0.3, 0.4) is 0 Å². The Kier molecular flexibility index (Phi) is 1.53. The number of nitrogens with one attached hydrogen (secondary N) is 1. The van der Waals surface area contributed by atoms with Crippen molar-refractivity contribution in [3.63, 3.8) is 0 Å². The fraction of sp³-hybridized carbons (Fsp3) is 0. The second-order valence-electron chi connectivity index (χ2n) is 1.73. The summed E-state index contributed by atoms with van der Waals surface area (Å²) in [6.07, 6.45) is 3.84.